The van der Waals surface area contributed by atoms with Gasteiger partial charge in [-0.15, -0.1) is 0 Å². The monoisotopic (exact) mass is 220 g/mol. The summed E-state index contributed by atoms with van der Waals surface area (Å²) >= 11 is 0. The molecule has 0 radical (unpaired) electrons. The Morgan fingerprint density at radius 2 is 2.31 bits per heavy atom. The standard InChI is InChI=1S/C13H20N2O/c16-9-6-13(4-5-13)11-15-8-3-12-2-1-7-14-10-12/h1-2,7,10,15-16H,3-6,8-9,11H2. The van der Waals surface area contributed by atoms with Crippen molar-refractivity contribution in [2.24, 2.45) is 5.41 Å². The molecule has 0 aromatic carbocycles. The summed E-state index contributed by atoms with van der Waals surface area (Å²) in [5.74, 6) is 0. The Morgan fingerprint density at radius 3 is 2.94 bits per heavy atom. The van der Waals surface area contributed by atoms with E-state index < -0.39 is 0 Å². The van der Waals surface area contributed by atoms with Gasteiger partial charge in [0.15, 0.2) is 0 Å². The first kappa shape index (κ1) is 11.6. The van der Waals surface area contributed by atoms with Crippen LogP contribution < -0.4 is 5.32 Å². The maximum atomic E-state index is 8.94. The van der Waals surface area contributed by atoms with Crippen LogP contribution in [0.5, 0.6) is 0 Å². The number of nitrogens with zero attached hydrogens (tertiary/aromatic N) is 1. The lowest BCUT2D eigenvalue weighted by molar-refractivity contribution is 0.245. The zero-order valence-electron chi connectivity index (χ0n) is 9.65. The average molecular weight is 220 g/mol. The number of hydrogen-bond acceptors (Lipinski definition) is 3. The first-order valence-corrected chi connectivity index (χ1v) is 6.05. The minimum Gasteiger partial charge on any atom is -0.396 e. The third-order valence-electron chi connectivity index (χ3n) is 3.41. The SMILES string of the molecule is OCCC1(CNCCc2cccnc2)CC1. The zero-order valence-corrected chi connectivity index (χ0v) is 9.65. The molecule has 1 saturated carbocycles. The first-order chi connectivity index (χ1) is 7.85. The molecule has 1 heterocycles. The Hall–Kier alpha value is -0.930. The van der Waals surface area contributed by atoms with Gasteiger partial charge in [0.25, 0.3) is 0 Å². The van der Waals surface area contributed by atoms with E-state index in [1.807, 2.05) is 12.3 Å². The van der Waals surface area contributed by atoms with Gasteiger partial charge >= 0.3 is 0 Å². The van der Waals surface area contributed by atoms with Crippen LogP contribution in [0.15, 0.2) is 24.5 Å². The summed E-state index contributed by atoms with van der Waals surface area (Å²) in [4.78, 5) is 4.09. The Labute approximate surface area is 96.9 Å². The minimum atomic E-state index is 0.324. The molecule has 0 atom stereocenters. The topological polar surface area (TPSA) is 45.1 Å². The summed E-state index contributed by atoms with van der Waals surface area (Å²) in [5.41, 5.74) is 1.70. The maximum absolute atomic E-state index is 8.94. The van der Waals surface area contributed by atoms with Crippen LogP contribution >= 0.6 is 0 Å². The molecule has 16 heavy (non-hydrogen) atoms. The lowest BCUT2D eigenvalue weighted by atomic mass is 10.0. The van der Waals surface area contributed by atoms with Crippen LogP contribution in [0.1, 0.15) is 24.8 Å². The molecule has 0 spiro atoms. The quantitative estimate of drug-likeness (QED) is 0.682. The summed E-state index contributed by atoms with van der Waals surface area (Å²) in [6.07, 6.45) is 8.25. The van der Waals surface area contributed by atoms with Gasteiger partial charge in [0.05, 0.1) is 0 Å². The van der Waals surface area contributed by atoms with Gasteiger partial charge in [-0.3, -0.25) is 4.98 Å². The fourth-order valence-corrected chi connectivity index (χ4v) is 2.06. The molecule has 0 amide bonds. The van der Waals surface area contributed by atoms with Gasteiger partial charge in [0.1, 0.15) is 0 Å². The van der Waals surface area contributed by atoms with E-state index in [0.717, 1.165) is 25.9 Å². The predicted octanol–water partition coefficient (Wildman–Crippen LogP) is 1.38. The molecule has 0 unspecified atom stereocenters. The Bertz CT molecular complexity index is 309. The number of aliphatic hydroxyl groups is 1. The number of hydrogen-bond donors (Lipinski definition) is 2. The van der Waals surface area contributed by atoms with E-state index in [4.69, 9.17) is 5.11 Å². The molecule has 1 aromatic heterocycles. The number of rotatable bonds is 7. The second kappa shape index (κ2) is 5.41. The van der Waals surface area contributed by atoms with Gasteiger partial charge in [-0.25, -0.2) is 0 Å². The molecule has 1 aliphatic carbocycles. The molecule has 1 fully saturated rings. The van der Waals surface area contributed by atoms with Crippen LogP contribution in [0.3, 0.4) is 0 Å². The fourth-order valence-electron chi connectivity index (χ4n) is 2.06. The van der Waals surface area contributed by atoms with Crippen molar-refractivity contribution in [3.8, 4) is 0 Å². The van der Waals surface area contributed by atoms with Crippen LogP contribution in [0.4, 0.5) is 0 Å². The van der Waals surface area contributed by atoms with Crippen LogP contribution in [-0.4, -0.2) is 29.8 Å². The van der Waals surface area contributed by atoms with Gasteiger partial charge in [0, 0.05) is 25.5 Å². The molecule has 2 rings (SSSR count). The second-order valence-electron chi connectivity index (χ2n) is 4.76. The lowest BCUT2D eigenvalue weighted by Crippen LogP contribution is -2.26. The van der Waals surface area contributed by atoms with Crippen LogP contribution in [0.2, 0.25) is 0 Å². The largest absolute Gasteiger partial charge is 0.396 e. The fraction of sp³-hybridized carbons (Fsp3) is 0.615. The van der Waals surface area contributed by atoms with Gasteiger partial charge in [0.2, 0.25) is 0 Å². The molecule has 0 aliphatic heterocycles. The van der Waals surface area contributed by atoms with Crippen molar-refractivity contribution in [1.82, 2.24) is 10.3 Å². The highest BCUT2D eigenvalue weighted by atomic mass is 16.3. The van der Waals surface area contributed by atoms with E-state index in [-0.39, 0.29) is 0 Å². The zero-order chi connectivity index (χ0) is 11.3. The highest BCUT2D eigenvalue weighted by Crippen LogP contribution is 2.47. The van der Waals surface area contributed by atoms with E-state index in [0.29, 0.717) is 12.0 Å². The van der Waals surface area contributed by atoms with Crippen LogP contribution in [-0.2, 0) is 6.42 Å². The molecule has 1 aromatic rings. The second-order valence-corrected chi connectivity index (χ2v) is 4.76. The Morgan fingerprint density at radius 1 is 1.44 bits per heavy atom. The van der Waals surface area contributed by atoms with E-state index in [1.165, 1.54) is 18.4 Å². The minimum absolute atomic E-state index is 0.324. The molecular formula is C13H20N2O. The van der Waals surface area contributed by atoms with E-state index >= 15 is 0 Å². The number of pyridine rings is 1. The molecule has 3 heteroatoms. The smallest absolute Gasteiger partial charge is 0.0436 e. The molecule has 2 N–H and O–H groups in total. The van der Waals surface area contributed by atoms with Crippen molar-refractivity contribution in [2.45, 2.75) is 25.7 Å². The summed E-state index contributed by atoms with van der Waals surface area (Å²) in [6.45, 7) is 2.37. The number of nitrogens with one attached hydrogen (secondary N) is 1. The van der Waals surface area contributed by atoms with Crippen molar-refractivity contribution < 1.29 is 5.11 Å². The molecule has 88 valence electrons. The highest BCUT2D eigenvalue weighted by Gasteiger charge is 2.41. The highest BCUT2D eigenvalue weighted by molar-refractivity contribution is 5.08. The van der Waals surface area contributed by atoms with E-state index in [9.17, 15) is 0 Å². The summed E-state index contributed by atoms with van der Waals surface area (Å²) < 4.78 is 0. The summed E-state index contributed by atoms with van der Waals surface area (Å²) in [7, 11) is 0. The van der Waals surface area contributed by atoms with Gasteiger partial charge < -0.3 is 10.4 Å². The van der Waals surface area contributed by atoms with Gasteiger partial charge in [-0.1, -0.05) is 6.07 Å². The van der Waals surface area contributed by atoms with Crippen LogP contribution in [0, 0.1) is 5.41 Å². The van der Waals surface area contributed by atoms with E-state index in [2.05, 4.69) is 16.4 Å². The summed E-state index contributed by atoms with van der Waals surface area (Å²) in [6, 6.07) is 4.08. The van der Waals surface area contributed by atoms with Crippen molar-refractivity contribution in [3.05, 3.63) is 30.1 Å². The molecule has 3 nitrogen and oxygen atoms in total. The molecule has 0 bridgehead atoms. The first-order valence-electron chi connectivity index (χ1n) is 6.05. The molecule has 0 saturated heterocycles. The summed E-state index contributed by atoms with van der Waals surface area (Å²) in [5, 5.41) is 12.4. The third-order valence-corrected chi connectivity index (χ3v) is 3.41. The Kier molecular flexibility index (Phi) is 3.91. The predicted molar refractivity (Wildman–Crippen MR) is 64.2 cm³/mol. The van der Waals surface area contributed by atoms with Crippen molar-refractivity contribution in [3.63, 3.8) is 0 Å². The van der Waals surface area contributed by atoms with Gasteiger partial charge in [-0.2, -0.15) is 0 Å². The molecule has 1 aliphatic rings. The third kappa shape index (κ3) is 3.29. The normalized spacial score (nSPS) is 17.3. The lowest BCUT2D eigenvalue weighted by Gasteiger charge is -2.14. The number of aromatic nitrogens is 1. The number of aliphatic hydroxyl groups excluding tert-OH is 1. The van der Waals surface area contributed by atoms with Crippen molar-refractivity contribution in [2.75, 3.05) is 19.7 Å². The average Bonchev–Trinajstić information content (AvgIpc) is 3.07. The van der Waals surface area contributed by atoms with Crippen LogP contribution in [0.25, 0.3) is 0 Å². The van der Waals surface area contributed by atoms with E-state index in [1.54, 1.807) is 6.20 Å². The van der Waals surface area contributed by atoms with Gasteiger partial charge in [-0.05, 0) is 49.3 Å². The maximum Gasteiger partial charge on any atom is 0.0436 e. The Balaban J connectivity index is 1.62. The molecular weight excluding hydrogens is 200 g/mol. The van der Waals surface area contributed by atoms with Crippen molar-refractivity contribution in [1.29, 1.82) is 0 Å². The van der Waals surface area contributed by atoms with Crippen molar-refractivity contribution >= 4 is 0 Å².